The van der Waals surface area contributed by atoms with Crippen molar-refractivity contribution < 1.29 is 19.1 Å². The molecular weight excluding hydrogens is 294 g/mol. The normalized spacial score (nSPS) is 15.9. The Morgan fingerprint density at radius 1 is 1.22 bits per heavy atom. The van der Waals surface area contributed by atoms with Crippen LogP contribution in [-0.2, 0) is 4.79 Å². The zero-order valence-electron chi connectivity index (χ0n) is 12.5. The molecule has 0 bridgehead atoms. The van der Waals surface area contributed by atoms with Crippen LogP contribution < -0.4 is 14.8 Å². The van der Waals surface area contributed by atoms with Crippen LogP contribution in [0.3, 0.4) is 0 Å². The molecule has 0 radical (unpaired) electrons. The van der Waals surface area contributed by atoms with Crippen LogP contribution in [0.25, 0.3) is 0 Å². The van der Waals surface area contributed by atoms with E-state index in [1.807, 2.05) is 0 Å². The van der Waals surface area contributed by atoms with Gasteiger partial charge in [0.25, 0.3) is 5.91 Å². The zero-order chi connectivity index (χ0) is 16.4. The van der Waals surface area contributed by atoms with Gasteiger partial charge in [0.15, 0.2) is 6.23 Å². The molecule has 2 aromatic carbocycles. The molecule has 23 heavy (non-hydrogen) atoms. The van der Waals surface area contributed by atoms with Crippen molar-refractivity contribution in [1.29, 1.82) is 0 Å². The van der Waals surface area contributed by atoms with Crippen molar-refractivity contribution >= 4 is 11.9 Å². The molecule has 0 aromatic heterocycles. The van der Waals surface area contributed by atoms with E-state index in [1.165, 1.54) is 0 Å². The highest BCUT2D eigenvalue weighted by Gasteiger charge is 2.26. The average molecular weight is 309 g/mol. The number of para-hydroxylation sites is 1. The molecule has 0 aliphatic carbocycles. The van der Waals surface area contributed by atoms with Gasteiger partial charge in [0, 0.05) is 11.1 Å². The minimum absolute atomic E-state index is 0.207. The summed E-state index contributed by atoms with van der Waals surface area (Å²) in [4.78, 5) is 23.7. The molecule has 5 heteroatoms. The topological polar surface area (TPSA) is 64.6 Å². The van der Waals surface area contributed by atoms with Gasteiger partial charge in [-0.2, -0.15) is 0 Å². The van der Waals surface area contributed by atoms with Gasteiger partial charge in [-0.1, -0.05) is 30.8 Å². The number of fused-ring (bicyclic) bond motifs is 1. The molecule has 1 amide bonds. The second-order valence-corrected chi connectivity index (χ2v) is 5.21. The highest BCUT2D eigenvalue weighted by atomic mass is 16.5. The molecule has 0 saturated heterocycles. The molecule has 5 nitrogen and oxygen atoms in total. The van der Waals surface area contributed by atoms with Gasteiger partial charge >= 0.3 is 5.97 Å². The van der Waals surface area contributed by atoms with Crippen LogP contribution in [0.15, 0.2) is 60.7 Å². The molecular formula is C18H15NO4. The van der Waals surface area contributed by atoms with E-state index in [4.69, 9.17) is 9.47 Å². The van der Waals surface area contributed by atoms with Crippen LogP contribution >= 0.6 is 0 Å². The van der Waals surface area contributed by atoms with Gasteiger partial charge in [-0.25, -0.2) is 4.79 Å². The quantitative estimate of drug-likeness (QED) is 0.538. The van der Waals surface area contributed by atoms with Gasteiger partial charge < -0.3 is 14.8 Å². The molecule has 1 aliphatic rings. The van der Waals surface area contributed by atoms with Gasteiger partial charge in [0.1, 0.15) is 11.5 Å². The Bertz CT molecular complexity index is 797. The lowest BCUT2D eigenvalue weighted by atomic mass is 10.1. The van der Waals surface area contributed by atoms with Crippen molar-refractivity contribution in [1.82, 2.24) is 5.32 Å². The van der Waals surface area contributed by atoms with Crippen molar-refractivity contribution in [2.45, 2.75) is 13.2 Å². The van der Waals surface area contributed by atoms with Crippen LogP contribution in [0.4, 0.5) is 0 Å². The monoisotopic (exact) mass is 309 g/mol. The Labute approximate surface area is 133 Å². The second-order valence-electron chi connectivity index (χ2n) is 5.21. The van der Waals surface area contributed by atoms with Crippen molar-refractivity contribution in [2.24, 2.45) is 0 Å². The minimum Gasteiger partial charge on any atom is -0.466 e. The predicted molar refractivity (Wildman–Crippen MR) is 84.2 cm³/mol. The third kappa shape index (κ3) is 3.08. The number of carbonyl (C=O) groups excluding carboxylic acids is 2. The molecule has 116 valence electrons. The van der Waals surface area contributed by atoms with E-state index >= 15 is 0 Å². The predicted octanol–water partition coefficient (Wildman–Crippen LogP) is 2.99. The van der Waals surface area contributed by atoms with Crippen molar-refractivity contribution in [2.75, 3.05) is 0 Å². The lowest BCUT2D eigenvalue weighted by molar-refractivity contribution is -0.130. The third-order valence-corrected chi connectivity index (χ3v) is 3.36. The number of amides is 1. The van der Waals surface area contributed by atoms with Gasteiger partial charge in [0.2, 0.25) is 0 Å². The maximum absolute atomic E-state index is 12.1. The van der Waals surface area contributed by atoms with Crippen LogP contribution in [0.5, 0.6) is 11.5 Å². The summed E-state index contributed by atoms with van der Waals surface area (Å²) in [5, 5.41) is 2.77. The number of benzene rings is 2. The molecule has 1 aliphatic heterocycles. The Kier molecular flexibility index (Phi) is 3.85. The molecule has 0 saturated carbocycles. The van der Waals surface area contributed by atoms with Crippen LogP contribution in [0, 0.1) is 0 Å². The number of esters is 1. The molecule has 0 spiro atoms. The largest absolute Gasteiger partial charge is 0.466 e. The van der Waals surface area contributed by atoms with E-state index < -0.39 is 12.2 Å². The summed E-state index contributed by atoms with van der Waals surface area (Å²) in [6.07, 6.45) is -0.638. The Hall–Kier alpha value is -3.08. The highest BCUT2D eigenvalue weighted by molar-refractivity contribution is 5.98. The first-order chi connectivity index (χ1) is 11.0. The third-order valence-electron chi connectivity index (χ3n) is 3.36. The Balaban J connectivity index is 1.84. The fourth-order valence-electron chi connectivity index (χ4n) is 2.20. The first-order valence-corrected chi connectivity index (χ1v) is 7.09. The molecule has 2 aromatic rings. The van der Waals surface area contributed by atoms with E-state index in [2.05, 4.69) is 11.9 Å². The van der Waals surface area contributed by atoms with Crippen molar-refractivity contribution in [3.8, 4) is 11.5 Å². The van der Waals surface area contributed by atoms with Crippen LogP contribution in [-0.4, -0.2) is 11.9 Å². The van der Waals surface area contributed by atoms with E-state index in [0.29, 0.717) is 28.2 Å². The Morgan fingerprint density at radius 2 is 2.00 bits per heavy atom. The number of hydrogen-bond donors (Lipinski definition) is 1. The number of nitrogens with one attached hydrogen (secondary N) is 1. The van der Waals surface area contributed by atoms with Gasteiger partial charge in [-0.15, -0.1) is 0 Å². The number of rotatable bonds is 3. The molecule has 1 N–H and O–H groups in total. The molecule has 1 atom stereocenters. The summed E-state index contributed by atoms with van der Waals surface area (Å²) in [5.41, 5.74) is 1.49. The fourth-order valence-corrected chi connectivity index (χ4v) is 2.20. The molecule has 1 unspecified atom stereocenters. The number of ether oxygens (including phenoxy) is 2. The highest BCUT2D eigenvalue weighted by Crippen LogP contribution is 2.30. The lowest BCUT2D eigenvalue weighted by Gasteiger charge is -2.27. The smallest absolute Gasteiger partial charge is 0.338 e. The standard InChI is InChI=1S/C18H15NO4/c1-11(2)18(21)22-13-7-5-6-12(10-13)17-19-16(20)14-8-3-4-9-15(14)23-17/h3-10,17H,1H2,2H3,(H,19,20). The number of carbonyl (C=O) groups is 2. The van der Waals surface area contributed by atoms with E-state index in [9.17, 15) is 9.59 Å². The summed E-state index contributed by atoms with van der Waals surface area (Å²) < 4.78 is 11.0. The fraction of sp³-hybridized carbons (Fsp3) is 0.111. The first kappa shape index (κ1) is 14.8. The van der Waals surface area contributed by atoms with E-state index in [1.54, 1.807) is 55.5 Å². The van der Waals surface area contributed by atoms with Crippen molar-refractivity contribution in [3.05, 3.63) is 71.8 Å². The summed E-state index contributed by atoms with van der Waals surface area (Å²) in [6.45, 7) is 5.12. The maximum Gasteiger partial charge on any atom is 0.338 e. The average Bonchev–Trinajstić information content (AvgIpc) is 2.55. The van der Waals surface area contributed by atoms with E-state index in [0.717, 1.165) is 0 Å². The van der Waals surface area contributed by atoms with Gasteiger partial charge in [-0.05, 0) is 31.2 Å². The number of hydrogen-bond acceptors (Lipinski definition) is 4. The summed E-state index contributed by atoms with van der Waals surface area (Å²) in [6, 6.07) is 13.9. The summed E-state index contributed by atoms with van der Waals surface area (Å²) in [5.74, 6) is 0.181. The molecule has 3 rings (SSSR count). The SMILES string of the molecule is C=C(C)C(=O)Oc1cccc(C2NC(=O)c3ccccc3O2)c1. The van der Waals surface area contributed by atoms with Gasteiger partial charge in [0.05, 0.1) is 5.56 Å². The Morgan fingerprint density at radius 3 is 2.78 bits per heavy atom. The van der Waals surface area contributed by atoms with Crippen LogP contribution in [0.1, 0.15) is 29.1 Å². The second kappa shape index (κ2) is 5.96. The first-order valence-electron chi connectivity index (χ1n) is 7.09. The maximum atomic E-state index is 12.1. The van der Waals surface area contributed by atoms with Gasteiger partial charge in [-0.3, -0.25) is 4.79 Å². The molecule has 0 fully saturated rings. The van der Waals surface area contributed by atoms with Crippen LogP contribution in [0.2, 0.25) is 0 Å². The van der Waals surface area contributed by atoms with E-state index in [-0.39, 0.29) is 5.91 Å². The lowest BCUT2D eigenvalue weighted by Crippen LogP contribution is -2.36. The zero-order valence-corrected chi connectivity index (χ0v) is 12.5. The minimum atomic E-state index is -0.638. The molecule has 1 heterocycles. The van der Waals surface area contributed by atoms with Crippen molar-refractivity contribution in [3.63, 3.8) is 0 Å². The summed E-state index contributed by atoms with van der Waals surface area (Å²) >= 11 is 0. The summed E-state index contributed by atoms with van der Waals surface area (Å²) in [7, 11) is 0.